The maximum atomic E-state index is 13.1. The van der Waals surface area contributed by atoms with Gasteiger partial charge in [0.05, 0.1) is 23.3 Å². The minimum absolute atomic E-state index is 0.144. The Morgan fingerprint density at radius 2 is 2.19 bits per heavy atom. The number of carbonyl (C=O) groups is 1. The van der Waals surface area contributed by atoms with E-state index in [1.807, 2.05) is 12.3 Å². The van der Waals surface area contributed by atoms with Gasteiger partial charge in [-0.25, -0.2) is 13.4 Å². The number of hydrogen-bond donors (Lipinski definition) is 1. The lowest BCUT2D eigenvalue weighted by atomic mass is 9.99. The summed E-state index contributed by atoms with van der Waals surface area (Å²) >= 11 is 2.34. The standard InChI is InChI=1S/C16H17N5O3S3/c1-10-9-25-16(17-10)18-15(22)11-4-3-7-21(8-11)27(23,24)13-6-2-5-12-14(13)20-26-19-12/h2,5-6,9,11H,3-4,7-8H2,1H3,(H,17,18,22)/t11-/m1/s1. The Bertz CT molecular complexity index is 1090. The number of amides is 1. The molecular formula is C16H17N5O3S3. The summed E-state index contributed by atoms with van der Waals surface area (Å²) in [6.45, 7) is 2.39. The monoisotopic (exact) mass is 423 g/mol. The summed E-state index contributed by atoms with van der Waals surface area (Å²) in [7, 11) is -3.75. The molecule has 8 nitrogen and oxygen atoms in total. The van der Waals surface area contributed by atoms with E-state index >= 15 is 0 Å². The van der Waals surface area contributed by atoms with Gasteiger partial charge in [-0.15, -0.1) is 11.3 Å². The van der Waals surface area contributed by atoms with Gasteiger partial charge >= 0.3 is 0 Å². The summed E-state index contributed by atoms with van der Waals surface area (Å²) in [6.07, 6.45) is 1.27. The number of rotatable bonds is 4. The Balaban J connectivity index is 1.55. The van der Waals surface area contributed by atoms with Gasteiger partial charge in [0.2, 0.25) is 15.9 Å². The minimum Gasteiger partial charge on any atom is -0.302 e. The Hall–Kier alpha value is -1.95. The molecule has 4 rings (SSSR count). The fourth-order valence-electron chi connectivity index (χ4n) is 3.12. The van der Waals surface area contributed by atoms with Crippen LogP contribution in [-0.4, -0.2) is 45.5 Å². The van der Waals surface area contributed by atoms with Gasteiger partial charge in [0.25, 0.3) is 0 Å². The highest BCUT2D eigenvalue weighted by Gasteiger charge is 2.34. The zero-order valence-corrected chi connectivity index (χ0v) is 16.9. The maximum Gasteiger partial charge on any atom is 0.245 e. The summed E-state index contributed by atoms with van der Waals surface area (Å²) in [4.78, 5) is 16.9. The third kappa shape index (κ3) is 3.59. The third-order valence-electron chi connectivity index (χ3n) is 4.47. The van der Waals surface area contributed by atoms with Crippen molar-refractivity contribution in [3.05, 3.63) is 29.3 Å². The summed E-state index contributed by atoms with van der Waals surface area (Å²) < 4.78 is 35.9. The Kier molecular flexibility index (Phi) is 4.93. The van der Waals surface area contributed by atoms with Crippen LogP contribution in [0, 0.1) is 12.8 Å². The number of piperidine rings is 1. The van der Waals surface area contributed by atoms with Crippen molar-refractivity contribution < 1.29 is 13.2 Å². The second-order valence-electron chi connectivity index (χ2n) is 6.37. The van der Waals surface area contributed by atoms with Crippen LogP contribution in [0.25, 0.3) is 11.0 Å². The second-order valence-corrected chi connectivity index (χ2v) is 9.67. The highest BCUT2D eigenvalue weighted by Crippen LogP contribution is 2.28. The van der Waals surface area contributed by atoms with Crippen LogP contribution < -0.4 is 5.32 Å². The first-order valence-corrected chi connectivity index (χ1v) is 11.4. The van der Waals surface area contributed by atoms with Crippen LogP contribution in [0.3, 0.4) is 0 Å². The van der Waals surface area contributed by atoms with Gasteiger partial charge in [-0.2, -0.15) is 13.1 Å². The molecule has 1 amide bonds. The van der Waals surface area contributed by atoms with Crippen molar-refractivity contribution in [2.45, 2.75) is 24.7 Å². The lowest BCUT2D eigenvalue weighted by Gasteiger charge is -2.31. The largest absolute Gasteiger partial charge is 0.302 e. The number of aromatic nitrogens is 3. The van der Waals surface area contributed by atoms with Gasteiger partial charge in [-0.05, 0) is 31.9 Å². The predicted octanol–water partition coefficient (Wildman–Crippen LogP) is 2.50. The van der Waals surface area contributed by atoms with Gasteiger partial charge in [-0.1, -0.05) is 6.07 Å². The molecule has 0 aliphatic carbocycles. The molecule has 0 radical (unpaired) electrons. The van der Waals surface area contributed by atoms with Crippen molar-refractivity contribution in [2.24, 2.45) is 5.92 Å². The van der Waals surface area contributed by atoms with Crippen molar-refractivity contribution in [3.8, 4) is 0 Å². The molecular weight excluding hydrogens is 406 g/mol. The number of sulfonamides is 1. The van der Waals surface area contributed by atoms with Crippen molar-refractivity contribution in [2.75, 3.05) is 18.4 Å². The van der Waals surface area contributed by atoms with Crippen LogP contribution in [-0.2, 0) is 14.8 Å². The smallest absolute Gasteiger partial charge is 0.245 e. The number of benzene rings is 1. The molecule has 1 N–H and O–H groups in total. The second kappa shape index (κ2) is 7.23. The van der Waals surface area contributed by atoms with Gasteiger partial charge in [0, 0.05) is 18.5 Å². The van der Waals surface area contributed by atoms with Crippen molar-refractivity contribution in [3.63, 3.8) is 0 Å². The summed E-state index contributed by atoms with van der Waals surface area (Å²) in [6, 6.07) is 4.94. The van der Waals surface area contributed by atoms with Crippen LogP contribution in [0.4, 0.5) is 5.13 Å². The van der Waals surface area contributed by atoms with Crippen molar-refractivity contribution in [1.29, 1.82) is 0 Å². The first kappa shape index (κ1) is 18.4. The van der Waals surface area contributed by atoms with Gasteiger partial charge in [-0.3, -0.25) is 4.79 Å². The Morgan fingerprint density at radius 1 is 1.33 bits per heavy atom. The summed E-state index contributed by atoms with van der Waals surface area (Å²) in [5, 5.41) is 5.19. The molecule has 0 bridgehead atoms. The molecule has 2 aromatic heterocycles. The van der Waals surface area contributed by atoms with Crippen molar-refractivity contribution in [1.82, 2.24) is 18.0 Å². The lowest BCUT2D eigenvalue weighted by molar-refractivity contribution is -0.120. The lowest BCUT2D eigenvalue weighted by Crippen LogP contribution is -2.43. The average Bonchev–Trinajstić information content (AvgIpc) is 3.30. The molecule has 27 heavy (non-hydrogen) atoms. The van der Waals surface area contributed by atoms with Crippen molar-refractivity contribution >= 4 is 55.2 Å². The van der Waals surface area contributed by atoms with Crippen LogP contribution in [0.1, 0.15) is 18.5 Å². The number of anilines is 1. The molecule has 0 unspecified atom stereocenters. The first-order valence-electron chi connectivity index (χ1n) is 8.39. The average molecular weight is 424 g/mol. The number of fused-ring (bicyclic) bond motifs is 1. The number of nitrogens with zero attached hydrogens (tertiary/aromatic N) is 4. The summed E-state index contributed by atoms with van der Waals surface area (Å²) in [5.74, 6) is -0.608. The quantitative estimate of drug-likeness (QED) is 0.691. The SMILES string of the molecule is Cc1csc(NC(=O)[C@@H]2CCCN(S(=O)(=O)c3cccc4nsnc34)C2)n1. The van der Waals surface area contributed by atoms with E-state index in [0.29, 0.717) is 35.6 Å². The molecule has 3 aromatic rings. The highest BCUT2D eigenvalue weighted by atomic mass is 32.2. The van der Waals surface area contributed by atoms with E-state index in [9.17, 15) is 13.2 Å². The summed E-state index contributed by atoms with van der Waals surface area (Å²) in [5.41, 5.74) is 1.78. The van der Waals surface area contributed by atoms with E-state index in [0.717, 1.165) is 17.4 Å². The molecule has 3 heterocycles. The number of nitrogens with one attached hydrogen (secondary N) is 1. The highest BCUT2D eigenvalue weighted by molar-refractivity contribution is 7.89. The van der Waals surface area contributed by atoms with Crippen LogP contribution in [0.5, 0.6) is 0 Å². The topological polar surface area (TPSA) is 105 Å². The van der Waals surface area contributed by atoms with E-state index in [4.69, 9.17) is 0 Å². The molecule has 142 valence electrons. The molecule has 1 aromatic carbocycles. The molecule has 1 atom stereocenters. The third-order valence-corrected chi connectivity index (χ3v) is 7.79. The number of hydrogen-bond acceptors (Lipinski definition) is 8. The molecule has 0 saturated carbocycles. The molecule has 1 fully saturated rings. The normalized spacial score (nSPS) is 18.6. The van der Waals surface area contributed by atoms with Gasteiger partial charge in [0.15, 0.2) is 5.13 Å². The minimum atomic E-state index is -3.75. The number of aryl methyl sites for hydroxylation is 1. The number of thiazole rings is 1. The fourth-order valence-corrected chi connectivity index (χ4v) is 6.09. The van der Waals surface area contributed by atoms with Crippen LogP contribution in [0.2, 0.25) is 0 Å². The van der Waals surface area contributed by atoms with Gasteiger partial charge in [0.1, 0.15) is 15.9 Å². The molecule has 11 heteroatoms. The molecule has 0 spiro atoms. The van der Waals surface area contributed by atoms with E-state index in [-0.39, 0.29) is 17.3 Å². The van der Waals surface area contributed by atoms with E-state index < -0.39 is 15.9 Å². The fraction of sp³-hybridized carbons (Fsp3) is 0.375. The number of carbonyl (C=O) groups excluding carboxylic acids is 1. The molecule has 1 saturated heterocycles. The first-order chi connectivity index (χ1) is 12.9. The molecule has 1 aliphatic rings. The van der Waals surface area contributed by atoms with Crippen LogP contribution in [0.15, 0.2) is 28.5 Å². The maximum absolute atomic E-state index is 13.1. The van der Waals surface area contributed by atoms with E-state index in [1.54, 1.807) is 18.2 Å². The Morgan fingerprint density at radius 3 is 2.96 bits per heavy atom. The van der Waals surface area contributed by atoms with Crippen LogP contribution >= 0.6 is 23.1 Å². The zero-order valence-electron chi connectivity index (χ0n) is 14.5. The molecule has 1 aliphatic heterocycles. The zero-order chi connectivity index (χ0) is 19.0. The van der Waals surface area contributed by atoms with E-state index in [1.165, 1.54) is 15.6 Å². The van der Waals surface area contributed by atoms with E-state index in [2.05, 4.69) is 19.0 Å². The van der Waals surface area contributed by atoms with Gasteiger partial charge < -0.3 is 5.32 Å². The Labute approximate surface area is 164 Å². The predicted molar refractivity (Wildman–Crippen MR) is 104 cm³/mol.